The Labute approximate surface area is 138 Å². The highest BCUT2D eigenvalue weighted by molar-refractivity contribution is 7.92. The highest BCUT2D eigenvalue weighted by atomic mass is 32.2. The second-order valence-corrected chi connectivity index (χ2v) is 7.66. The molecule has 1 atom stereocenters. The summed E-state index contributed by atoms with van der Waals surface area (Å²) < 4.78 is 27.5. The summed E-state index contributed by atoms with van der Waals surface area (Å²) in [6, 6.07) is 14.4. The van der Waals surface area contributed by atoms with Crippen molar-refractivity contribution in [3.63, 3.8) is 0 Å². The van der Waals surface area contributed by atoms with Crippen LogP contribution in [0.3, 0.4) is 0 Å². The minimum atomic E-state index is -3.53. The quantitative estimate of drug-likeness (QED) is 0.885. The summed E-state index contributed by atoms with van der Waals surface area (Å²) in [4.78, 5) is 0.283. The standard InChI is InChI=1S/C18H22N2O2S/c1-19-13-15-7-5-6-14-12-16(10-11-18(14)15)20-23(21,22)17-8-3-2-4-9-17/h2-4,8-12,15,19-20H,5-7,13H2,1H3. The predicted molar refractivity (Wildman–Crippen MR) is 93.3 cm³/mol. The van der Waals surface area contributed by atoms with E-state index in [-0.39, 0.29) is 4.90 Å². The fraction of sp³-hybridized carbons (Fsp3) is 0.333. The molecule has 0 aromatic heterocycles. The molecule has 0 radical (unpaired) electrons. The van der Waals surface area contributed by atoms with Gasteiger partial charge in [-0.1, -0.05) is 24.3 Å². The van der Waals surface area contributed by atoms with Crippen molar-refractivity contribution in [2.75, 3.05) is 18.3 Å². The van der Waals surface area contributed by atoms with Crippen molar-refractivity contribution >= 4 is 15.7 Å². The van der Waals surface area contributed by atoms with Crippen molar-refractivity contribution in [1.29, 1.82) is 0 Å². The van der Waals surface area contributed by atoms with Crippen molar-refractivity contribution in [2.45, 2.75) is 30.1 Å². The molecule has 0 saturated heterocycles. The first-order valence-corrected chi connectivity index (χ1v) is 9.44. The van der Waals surface area contributed by atoms with Crippen LogP contribution >= 0.6 is 0 Å². The maximum atomic E-state index is 12.4. The Kier molecular flexibility index (Phi) is 4.68. The van der Waals surface area contributed by atoms with Gasteiger partial charge in [-0.05, 0) is 67.6 Å². The maximum absolute atomic E-state index is 12.4. The number of benzene rings is 2. The zero-order valence-corrected chi connectivity index (χ0v) is 14.1. The number of rotatable bonds is 5. The molecule has 122 valence electrons. The zero-order valence-electron chi connectivity index (χ0n) is 13.2. The summed E-state index contributed by atoms with van der Waals surface area (Å²) in [5.74, 6) is 0.517. The van der Waals surface area contributed by atoms with E-state index in [1.54, 1.807) is 30.3 Å². The van der Waals surface area contributed by atoms with Gasteiger partial charge < -0.3 is 5.32 Å². The number of hydrogen-bond acceptors (Lipinski definition) is 3. The van der Waals surface area contributed by atoms with Crippen LogP contribution in [0.5, 0.6) is 0 Å². The van der Waals surface area contributed by atoms with E-state index in [1.807, 2.05) is 19.2 Å². The van der Waals surface area contributed by atoms with Crippen LogP contribution in [0.4, 0.5) is 5.69 Å². The molecule has 0 fully saturated rings. The first-order valence-electron chi connectivity index (χ1n) is 7.95. The van der Waals surface area contributed by atoms with E-state index in [2.05, 4.69) is 16.1 Å². The number of hydrogen-bond donors (Lipinski definition) is 2. The molecule has 2 N–H and O–H groups in total. The minimum Gasteiger partial charge on any atom is -0.319 e. The topological polar surface area (TPSA) is 58.2 Å². The Balaban J connectivity index is 1.85. The molecule has 2 aromatic rings. The Bertz CT molecular complexity index is 773. The molecular formula is C18H22N2O2S. The number of sulfonamides is 1. The van der Waals surface area contributed by atoms with E-state index in [0.717, 1.165) is 19.4 Å². The Morgan fingerprint density at radius 2 is 1.91 bits per heavy atom. The van der Waals surface area contributed by atoms with Gasteiger partial charge in [0.15, 0.2) is 0 Å². The summed E-state index contributed by atoms with van der Waals surface area (Å²) in [6.07, 6.45) is 3.34. The number of anilines is 1. The third-order valence-electron chi connectivity index (χ3n) is 4.34. The molecule has 1 aliphatic rings. The van der Waals surface area contributed by atoms with Gasteiger partial charge in [-0.3, -0.25) is 4.72 Å². The molecule has 0 saturated carbocycles. The number of aryl methyl sites for hydroxylation is 1. The molecular weight excluding hydrogens is 308 g/mol. The lowest BCUT2D eigenvalue weighted by Gasteiger charge is -2.26. The summed E-state index contributed by atoms with van der Waals surface area (Å²) in [5, 5.41) is 3.24. The highest BCUT2D eigenvalue weighted by Gasteiger charge is 2.21. The van der Waals surface area contributed by atoms with E-state index >= 15 is 0 Å². The van der Waals surface area contributed by atoms with Gasteiger partial charge >= 0.3 is 0 Å². The van der Waals surface area contributed by atoms with Crippen LogP contribution in [0.15, 0.2) is 53.4 Å². The van der Waals surface area contributed by atoms with Gasteiger partial charge in [0.25, 0.3) is 10.0 Å². The summed E-state index contributed by atoms with van der Waals surface area (Å²) in [6.45, 7) is 0.960. The average molecular weight is 330 g/mol. The lowest BCUT2D eigenvalue weighted by atomic mass is 9.82. The molecule has 0 spiro atoms. The number of nitrogens with one attached hydrogen (secondary N) is 2. The summed E-state index contributed by atoms with van der Waals surface area (Å²) in [7, 11) is -1.56. The van der Waals surface area contributed by atoms with Gasteiger partial charge in [0.2, 0.25) is 0 Å². The molecule has 0 aliphatic heterocycles. The van der Waals surface area contributed by atoms with Gasteiger partial charge in [-0.15, -0.1) is 0 Å². The third-order valence-corrected chi connectivity index (χ3v) is 5.73. The van der Waals surface area contributed by atoms with E-state index in [0.29, 0.717) is 11.6 Å². The number of fused-ring (bicyclic) bond motifs is 1. The summed E-state index contributed by atoms with van der Waals surface area (Å²) >= 11 is 0. The van der Waals surface area contributed by atoms with Crippen molar-refractivity contribution < 1.29 is 8.42 Å². The van der Waals surface area contributed by atoms with E-state index in [9.17, 15) is 8.42 Å². The van der Waals surface area contributed by atoms with Crippen molar-refractivity contribution in [3.8, 4) is 0 Å². The molecule has 0 bridgehead atoms. The van der Waals surface area contributed by atoms with Crippen LogP contribution < -0.4 is 10.0 Å². The molecule has 23 heavy (non-hydrogen) atoms. The predicted octanol–water partition coefficient (Wildman–Crippen LogP) is 3.13. The van der Waals surface area contributed by atoms with Crippen molar-refractivity contribution in [2.24, 2.45) is 0 Å². The van der Waals surface area contributed by atoms with Gasteiger partial charge in [0.05, 0.1) is 4.90 Å². The zero-order chi connectivity index (χ0) is 16.3. The van der Waals surface area contributed by atoms with Gasteiger partial charge in [-0.25, -0.2) is 8.42 Å². The molecule has 0 heterocycles. The Morgan fingerprint density at radius 3 is 2.65 bits per heavy atom. The monoisotopic (exact) mass is 330 g/mol. The molecule has 1 aliphatic carbocycles. The average Bonchev–Trinajstić information content (AvgIpc) is 2.56. The minimum absolute atomic E-state index is 0.283. The molecule has 4 nitrogen and oxygen atoms in total. The van der Waals surface area contributed by atoms with Crippen LogP contribution in [-0.2, 0) is 16.4 Å². The SMILES string of the molecule is CNCC1CCCc2cc(NS(=O)(=O)c3ccccc3)ccc21. The normalized spacial score (nSPS) is 17.5. The Hall–Kier alpha value is -1.85. The second kappa shape index (κ2) is 6.72. The second-order valence-electron chi connectivity index (χ2n) is 5.98. The lowest BCUT2D eigenvalue weighted by molar-refractivity contribution is 0.529. The Morgan fingerprint density at radius 1 is 1.13 bits per heavy atom. The van der Waals surface area contributed by atoms with Gasteiger partial charge in [0.1, 0.15) is 0 Å². The van der Waals surface area contributed by atoms with Crippen LogP contribution in [-0.4, -0.2) is 22.0 Å². The van der Waals surface area contributed by atoms with Crippen LogP contribution in [0.25, 0.3) is 0 Å². The number of likely N-dealkylation sites (N-methyl/N-ethyl adjacent to an activating group) is 1. The first-order chi connectivity index (χ1) is 11.1. The van der Waals surface area contributed by atoms with Crippen LogP contribution in [0, 0.1) is 0 Å². The van der Waals surface area contributed by atoms with Gasteiger partial charge in [-0.2, -0.15) is 0 Å². The summed E-state index contributed by atoms with van der Waals surface area (Å²) in [5.41, 5.74) is 3.23. The van der Waals surface area contributed by atoms with Crippen LogP contribution in [0.1, 0.15) is 29.9 Å². The maximum Gasteiger partial charge on any atom is 0.261 e. The van der Waals surface area contributed by atoms with Crippen molar-refractivity contribution in [1.82, 2.24) is 5.32 Å². The van der Waals surface area contributed by atoms with E-state index < -0.39 is 10.0 Å². The third kappa shape index (κ3) is 3.57. The van der Waals surface area contributed by atoms with Crippen molar-refractivity contribution in [3.05, 3.63) is 59.7 Å². The van der Waals surface area contributed by atoms with E-state index in [1.165, 1.54) is 17.5 Å². The van der Waals surface area contributed by atoms with E-state index in [4.69, 9.17) is 0 Å². The largest absolute Gasteiger partial charge is 0.319 e. The highest BCUT2D eigenvalue weighted by Crippen LogP contribution is 2.33. The fourth-order valence-electron chi connectivity index (χ4n) is 3.25. The first kappa shape index (κ1) is 16.0. The molecule has 0 amide bonds. The van der Waals surface area contributed by atoms with Gasteiger partial charge in [0, 0.05) is 12.2 Å². The smallest absolute Gasteiger partial charge is 0.261 e. The molecule has 1 unspecified atom stereocenters. The molecule has 2 aromatic carbocycles. The fourth-order valence-corrected chi connectivity index (χ4v) is 4.32. The van der Waals surface area contributed by atoms with Crippen LogP contribution in [0.2, 0.25) is 0 Å². The lowest BCUT2D eigenvalue weighted by Crippen LogP contribution is -2.21. The molecule has 3 rings (SSSR count). The molecule has 5 heteroatoms.